The first-order chi connectivity index (χ1) is 15.0. The average molecular weight is 500 g/mol. The van der Waals surface area contributed by atoms with E-state index in [1.54, 1.807) is 50.2 Å². The van der Waals surface area contributed by atoms with Crippen LogP contribution < -0.4 is 9.62 Å². The van der Waals surface area contributed by atoms with E-state index in [0.29, 0.717) is 22.0 Å². The van der Waals surface area contributed by atoms with Gasteiger partial charge in [0.2, 0.25) is 21.8 Å². The quantitative estimate of drug-likeness (QED) is 0.570. The minimum Gasteiger partial charge on any atom is -0.357 e. The second kappa shape index (κ2) is 11.0. The number of amides is 2. The van der Waals surface area contributed by atoms with Gasteiger partial charge < -0.3 is 10.2 Å². The Labute approximate surface area is 199 Å². The molecule has 1 N–H and O–H groups in total. The number of aryl methyl sites for hydroxylation is 1. The Balaban J connectivity index is 2.46. The van der Waals surface area contributed by atoms with Gasteiger partial charge in [0, 0.05) is 23.6 Å². The molecule has 2 aromatic carbocycles. The van der Waals surface area contributed by atoms with E-state index < -0.39 is 28.5 Å². The molecule has 32 heavy (non-hydrogen) atoms. The largest absolute Gasteiger partial charge is 0.357 e. The Morgan fingerprint density at radius 1 is 1.09 bits per heavy atom. The molecule has 0 saturated carbocycles. The van der Waals surface area contributed by atoms with Crippen molar-refractivity contribution in [3.63, 3.8) is 0 Å². The molecular formula is C22H27Cl2N3O4S. The van der Waals surface area contributed by atoms with Gasteiger partial charge in [-0.3, -0.25) is 13.9 Å². The second-order valence-corrected chi connectivity index (χ2v) is 10.1. The molecule has 7 nitrogen and oxygen atoms in total. The van der Waals surface area contributed by atoms with Crippen molar-refractivity contribution in [1.29, 1.82) is 0 Å². The highest BCUT2D eigenvalue weighted by molar-refractivity contribution is 7.92. The molecule has 0 aliphatic carbocycles. The van der Waals surface area contributed by atoms with E-state index in [1.807, 2.05) is 0 Å². The molecule has 0 heterocycles. The molecule has 1 atom stereocenters. The predicted molar refractivity (Wildman–Crippen MR) is 129 cm³/mol. The number of hydrogen-bond donors (Lipinski definition) is 1. The second-order valence-electron chi connectivity index (χ2n) is 7.35. The summed E-state index contributed by atoms with van der Waals surface area (Å²) < 4.78 is 26.1. The van der Waals surface area contributed by atoms with E-state index in [2.05, 4.69) is 5.32 Å². The fraction of sp³-hybridized carbons (Fsp3) is 0.364. The van der Waals surface area contributed by atoms with Gasteiger partial charge in [-0.2, -0.15) is 0 Å². The Morgan fingerprint density at radius 2 is 1.75 bits per heavy atom. The lowest BCUT2D eigenvalue weighted by Gasteiger charge is -2.32. The Kier molecular flexibility index (Phi) is 8.95. The van der Waals surface area contributed by atoms with Gasteiger partial charge in [0.1, 0.15) is 12.6 Å². The van der Waals surface area contributed by atoms with E-state index in [4.69, 9.17) is 23.2 Å². The molecule has 0 fully saturated rings. The number of rotatable bonds is 9. The number of likely N-dealkylation sites (N-methyl/N-ethyl adjacent to an activating group) is 1. The molecule has 0 aromatic heterocycles. The van der Waals surface area contributed by atoms with Crippen LogP contribution in [0.25, 0.3) is 0 Å². The van der Waals surface area contributed by atoms with Gasteiger partial charge in [-0.25, -0.2) is 8.42 Å². The molecule has 0 spiro atoms. The first-order valence-electron chi connectivity index (χ1n) is 9.97. The number of hydrogen-bond acceptors (Lipinski definition) is 4. The van der Waals surface area contributed by atoms with Crippen LogP contribution in [0.1, 0.15) is 24.5 Å². The zero-order chi connectivity index (χ0) is 24.1. The molecule has 2 amide bonds. The standard InChI is InChI=1S/C22H27Cl2N3O4S/c1-5-20(22(29)25-3)26(13-16-8-6-7-9-18(16)23)21(28)14-27(32(4,30)31)17-11-10-15(2)19(24)12-17/h6-12,20H,5,13-14H2,1-4H3,(H,25,29)/t20-/m0/s1. The van der Waals surface area contributed by atoms with E-state index in [1.165, 1.54) is 18.0 Å². The Hall–Kier alpha value is -2.29. The summed E-state index contributed by atoms with van der Waals surface area (Å²) in [6.45, 7) is 3.14. The van der Waals surface area contributed by atoms with Gasteiger partial charge in [0.25, 0.3) is 0 Å². The van der Waals surface area contributed by atoms with E-state index in [9.17, 15) is 18.0 Å². The first-order valence-corrected chi connectivity index (χ1v) is 12.6. The highest BCUT2D eigenvalue weighted by Crippen LogP contribution is 2.26. The lowest BCUT2D eigenvalue weighted by atomic mass is 10.1. The Morgan fingerprint density at radius 3 is 2.28 bits per heavy atom. The molecular weight excluding hydrogens is 473 g/mol. The number of anilines is 1. The number of sulfonamides is 1. The maximum atomic E-state index is 13.4. The molecule has 2 rings (SSSR count). The van der Waals surface area contributed by atoms with Crippen molar-refractivity contribution in [2.24, 2.45) is 0 Å². The van der Waals surface area contributed by atoms with Gasteiger partial charge >= 0.3 is 0 Å². The average Bonchev–Trinajstić information content (AvgIpc) is 2.74. The summed E-state index contributed by atoms with van der Waals surface area (Å²) >= 11 is 12.5. The number of nitrogens with zero attached hydrogens (tertiary/aromatic N) is 2. The van der Waals surface area contributed by atoms with Crippen molar-refractivity contribution in [1.82, 2.24) is 10.2 Å². The van der Waals surface area contributed by atoms with Crippen LogP contribution in [-0.2, 0) is 26.2 Å². The monoisotopic (exact) mass is 499 g/mol. The summed E-state index contributed by atoms with van der Waals surface area (Å²) in [5, 5.41) is 3.39. The van der Waals surface area contributed by atoms with Crippen molar-refractivity contribution >= 4 is 50.7 Å². The smallest absolute Gasteiger partial charge is 0.244 e. The molecule has 2 aromatic rings. The van der Waals surface area contributed by atoms with Crippen LogP contribution in [0.3, 0.4) is 0 Å². The van der Waals surface area contributed by atoms with Crippen LogP contribution in [0.5, 0.6) is 0 Å². The number of nitrogens with one attached hydrogen (secondary N) is 1. The number of benzene rings is 2. The lowest BCUT2D eigenvalue weighted by molar-refractivity contribution is -0.140. The maximum Gasteiger partial charge on any atom is 0.244 e. The van der Waals surface area contributed by atoms with Crippen molar-refractivity contribution < 1.29 is 18.0 Å². The molecule has 0 aliphatic heterocycles. The number of carbonyl (C=O) groups is 2. The van der Waals surface area contributed by atoms with Crippen molar-refractivity contribution in [3.8, 4) is 0 Å². The number of carbonyl (C=O) groups excluding carboxylic acids is 2. The normalized spacial score (nSPS) is 12.2. The third-order valence-electron chi connectivity index (χ3n) is 5.05. The zero-order valence-corrected chi connectivity index (χ0v) is 20.8. The van der Waals surface area contributed by atoms with Crippen LogP contribution in [0.4, 0.5) is 5.69 Å². The van der Waals surface area contributed by atoms with Crippen LogP contribution in [0.2, 0.25) is 10.0 Å². The molecule has 0 bridgehead atoms. The molecule has 0 unspecified atom stereocenters. The SMILES string of the molecule is CC[C@@H](C(=O)NC)N(Cc1ccccc1Cl)C(=O)CN(c1ccc(C)c(Cl)c1)S(C)(=O)=O. The predicted octanol–water partition coefficient (Wildman–Crippen LogP) is 3.62. The summed E-state index contributed by atoms with van der Waals surface area (Å²) in [6, 6.07) is 11.0. The minimum absolute atomic E-state index is 0.0523. The minimum atomic E-state index is -3.81. The van der Waals surface area contributed by atoms with Crippen LogP contribution >= 0.6 is 23.2 Å². The fourth-order valence-electron chi connectivity index (χ4n) is 3.25. The van der Waals surface area contributed by atoms with Gasteiger partial charge in [-0.05, 0) is 42.7 Å². The van der Waals surface area contributed by atoms with Crippen molar-refractivity contribution in [2.45, 2.75) is 32.9 Å². The molecule has 0 radical (unpaired) electrons. The summed E-state index contributed by atoms with van der Waals surface area (Å²) in [5.74, 6) is -0.889. The summed E-state index contributed by atoms with van der Waals surface area (Å²) in [4.78, 5) is 27.3. The third-order valence-corrected chi connectivity index (χ3v) is 6.97. The van der Waals surface area contributed by atoms with Crippen molar-refractivity contribution in [3.05, 3.63) is 63.6 Å². The van der Waals surface area contributed by atoms with E-state index in [-0.39, 0.29) is 18.1 Å². The van der Waals surface area contributed by atoms with Crippen LogP contribution in [0, 0.1) is 6.92 Å². The van der Waals surface area contributed by atoms with Crippen LogP contribution in [-0.4, -0.2) is 51.0 Å². The highest BCUT2D eigenvalue weighted by atomic mass is 35.5. The van der Waals surface area contributed by atoms with Gasteiger partial charge in [-0.1, -0.05) is 54.4 Å². The van der Waals surface area contributed by atoms with Gasteiger partial charge in [0.05, 0.1) is 11.9 Å². The molecule has 0 aliphatic rings. The Bertz CT molecular complexity index is 1090. The maximum absolute atomic E-state index is 13.4. The summed E-state index contributed by atoms with van der Waals surface area (Å²) in [5.41, 5.74) is 1.69. The topological polar surface area (TPSA) is 86.8 Å². The third kappa shape index (κ3) is 6.37. The van der Waals surface area contributed by atoms with E-state index in [0.717, 1.165) is 16.1 Å². The van der Waals surface area contributed by atoms with Crippen molar-refractivity contribution in [2.75, 3.05) is 24.2 Å². The van der Waals surface area contributed by atoms with Gasteiger partial charge in [-0.15, -0.1) is 0 Å². The molecule has 0 saturated heterocycles. The van der Waals surface area contributed by atoms with E-state index >= 15 is 0 Å². The first kappa shape index (κ1) is 26.0. The molecule has 10 heteroatoms. The summed E-state index contributed by atoms with van der Waals surface area (Å²) in [6.07, 6.45) is 1.35. The fourth-order valence-corrected chi connectivity index (χ4v) is 4.46. The lowest BCUT2D eigenvalue weighted by Crippen LogP contribution is -2.51. The molecule has 174 valence electrons. The number of halogens is 2. The van der Waals surface area contributed by atoms with Gasteiger partial charge in [0.15, 0.2) is 0 Å². The van der Waals surface area contributed by atoms with Crippen LogP contribution in [0.15, 0.2) is 42.5 Å². The zero-order valence-electron chi connectivity index (χ0n) is 18.4. The highest BCUT2D eigenvalue weighted by Gasteiger charge is 2.31. The summed E-state index contributed by atoms with van der Waals surface area (Å²) in [7, 11) is -2.33.